The summed E-state index contributed by atoms with van der Waals surface area (Å²) in [7, 11) is 0. The van der Waals surface area contributed by atoms with Gasteiger partial charge >= 0.3 is 6.01 Å². The van der Waals surface area contributed by atoms with Crippen molar-refractivity contribution in [1.82, 2.24) is 19.5 Å². The minimum absolute atomic E-state index is 0.0103. The van der Waals surface area contributed by atoms with Crippen LogP contribution in [0, 0.1) is 0 Å². The van der Waals surface area contributed by atoms with Crippen LogP contribution in [0.15, 0.2) is 41.8 Å². The maximum Gasteiger partial charge on any atom is 0.320 e. The van der Waals surface area contributed by atoms with Crippen molar-refractivity contribution in [2.45, 2.75) is 76.0 Å². The van der Waals surface area contributed by atoms with E-state index in [0.29, 0.717) is 16.7 Å². The third-order valence-electron chi connectivity index (χ3n) is 6.80. The standard InChI is InChI=1S/C25H28N6O6/c1-25(2)36-18-16(12-27-33)35-23(19(18)37-25)31-13-26-17-20(28-22(32)14-8-4-3-5-9-14)29-24(30-21(17)31)34-15-10-6-7-11-15/h3-5,8-9,12-13,15-16,18-19,23,33H,6-7,10-11H2,1-2H3,(H,28,29,30,32)/t16-,18-,19+,23-/m1/s1. The van der Waals surface area contributed by atoms with E-state index < -0.39 is 30.3 Å². The lowest BCUT2D eigenvalue weighted by molar-refractivity contribution is -0.188. The lowest BCUT2D eigenvalue weighted by atomic mass is 10.1. The number of fused-ring (bicyclic) bond motifs is 2. The third-order valence-corrected chi connectivity index (χ3v) is 6.80. The second-order valence-electron chi connectivity index (χ2n) is 9.84. The number of carbonyl (C=O) groups is 1. The summed E-state index contributed by atoms with van der Waals surface area (Å²) in [5.74, 6) is -0.944. The van der Waals surface area contributed by atoms with Crippen LogP contribution >= 0.6 is 0 Å². The number of hydrogen-bond acceptors (Lipinski definition) is 10. The highest BCUT2D eigenvalue weighted by Gasteiger charge is 2.56. The number of benzene rings is 1. The number of nitrogens with zero attached hydrogens (tertiary/aromatic N) is 5. The number of anilines is 1. The van der Waals surface area contributed by atoms with E-state index in [1.165, 1.54) is 6.21 Å². The summed E-state index contributed by atoms with van der Waals surface area (Å²) in [5.41, 5.74) is 1.27. The Morgan fingerprint density at radius 3 is 2.70 bits per heavy atom. The summed E-state index contributed by atoms with van der Waals surface area (Å²) >= 11 is 0. The van der Waals surface area contributed by atoms with Gasteiger partial charge in [-0.05, 0) is 51.7 Å². The molecule has 0 bridgehead atoms. The Hall–Kier alpha value is -3.61. The maximum atomic E-state index is 13.0. The van der Waals surface area contributed by atoms with Gasteiger partial charge in [0, 0.05) is 5.56 Å². The molecule has 1 amide bonds. The number of imidazole rings is 1. The Morgan fingerprint density at radius 1 is 1.19 bits per heavy atom. The van der Waals surface area contributed by atoms with Crippen molar-refractivity contribution in [1.29, 1.82) is 0 Å². The molecule has 12 heteroatoms. The van der Waals surface area contributed by atoms with Gasteiger partial charge in [0.15, 0.2) is 29.0 Å². The highest BCUT2D eigenvalue weighted by atomic mass is 16.8. The molecule has 0 unspecified atom stereocenters. The van der Waals surface area contributed by atoms with Crippen molar-refractivity contribution in [2.24, 2.45) is 5.16 Å². The van der Waals surface area contributed by atoms with Crippen LogP contribution in [0.1, 0.15) is 56.1 Å². The van der Waals surface area contributed by atoms with Crippen LogP contribution in [0.4, 0.5) is 5.82 Å². The van der Waals surface area contributed by atoms with Gasteiger partial charge in [0.2, 0.25) is 0 Å². The Morgan fingerprint density at radius 2 is 1.95 bits per heavy atom. The molecule has 4 atom stereocenters. The average molecular weight is 509 g/mol. The highest BCUT2D eigenvalue weighted by molar-refractivity contribution is 6.06. The van der Waals surface area contributed by atoms with E-state index in [1.807, 2.05) is 19.9 Å². The SMILES string of the molecule is CC1(C)O[C@H]2[C@H](O1)[C@@H](C=NO)O[C@H]2n1cnc2c(NC(=O)c3ccccc3)nc(OC3CCCC3)nc21. The summed E-state index contributed by atoms with van der Waals surface area (Å²) in [4.78, 5) is 26.7. The van der Waals surface area contributed by atoms with E-state index in [9.17, 15) is 4.79 Å². The zero-order valence-corrected chi connectivity index (χ0v) is 20.5. The molecule has 0 spiro atoms. The molecule has 3 aliphatic rings. The number of carbonyl (C=O) groups excluding carboxylic acids is 1. The van der Waals surface area contributed by atoms with Crippen LogP contribution in [0.3, 0.4) is 0 Å². The number of aromatic nitrogens is 4. The monoisotopic (exact) mass is 508 g/mol. The van der Waals surface area contributed by atoms with Gasteiger partial charge in [-0.3, -0.25) is 9.36 Å². The molecule has 3 aromatic rings. The molecule has 2 aliphatic heterocycles. The minimum atomic E-state index is -0.851. The molecule has 37 heavy (non-hydrogen) atoms. The van der Waals surface area contributed by atoms with Crippen molar-refractivity contribution >= 4 is 29.1 Å². The summed E-state index contributed by atoms with van der Waals surface area (Å²) in [6.07, 6.45) is 4.51. The fraction of sp³-hybridized carbons (Fsp3) is 0.480. The molecule has 1 aromatic carbocycles. The van der Waals surface area contributed by atoms with E-state index in [-0.39, 0.29) is 23.8 Å². The smallest absolute Gasteiger partial charge is 0.320 e. The van der Waals surface area contributed by atoms with Gasteiger partial charge in [-0.15, -0.1) is 0 Å². The predicted molar refractivity (Wildman–Crippen MR) is 131 cm³/mol. The van der Waals surface area contributed by atoms with Gasteiger partial charge in [0.05, 0.1) is 12.5 Å². The fourth-order valence-electron chi connectivity index (χ4n) is 5.16. The summed E-state index contributed by atoms with van der Waals surface area (Å²) in [6.45, 7) is 3.63. The van der Waals surface area contributed by atoms with Crippen LogP contribution < -0.4 is 10.1 Å². The van der Waals surface area contributed by atoms with E-state index >= 15 is 0 Å². The first-order chi connectivity index (χ1) is 17.9. The van der Waals surface area contributed by atoms with Crippen LogP contribution in [-0.2, 0) is 14.2 Å². The molecule has 6 rings (SSSR count). The predicted octanol–water partition coefficient (Wildman–Crippen LogP) is 3.28. The quantitative estimate of drug-likeness (QED) is 0.291. The normalized spacial score (nSPS) is 27.2. The topological polar surface area (TPSA) is 142 Å². The Labute approximate surface area is 212 Å². The van der Waals surface area contributed by atoms with Gasteiger partial charge in [-0.1, -0.05) is 23.4 Å². The molecular formula is C25H28N6O6. The van der Waals surface area contributed by atoms with Crippen LogP contribution in [0.2, 0.25) is 0 Å². The molecule has 3 fully saturated rings. The molecule has 1 aliphatic carbocycles. The second kappa shape index (κ2) is 9.36. The fourth-order valence-corrected chi connectivity index (χ4v) is 5.16. The molecule has 4 heterocycles. The maximum absolute atomic E-state index is 13.0. The number of ether oxygens (including phenoxy) is 4. The van der Waals surface area contributed by atoms with Gasteiger partial charge in [0.1, 0.15) is 24.4 Å². The van der Waals surface area contributed by atoms with E-state index in [1.54, 1.807) is 35.2 Å². The lowest BCUT2D eigenvalue weighted by Crippen LogP contribution is -2.30. The molecule has 1 saturated carbocycles. The van der Waals surface area contributed by atoms with Gasteiger partial charge in [-0.25, -0.2) is 4.98 Å². The van der Waals surface area contributed by atoms with Crippen molar-refractivity contribution in [3.05, 3.63) is 42.2 Å². The zero-order chi connectivity index (χ0) is 25.6. The molecule has 0 radical (unpaired) electrons. The largest absolute Gasteiger partial charge is 0.460 e. The van der Waals surface area contributed by atoms with Gasteiger partial charge in [0.25, 0.3) is 5.91 Å². The number of hydrogen-bond donors (Lipinski definition) is 2. The van der Waals surface area contributed by atoms with Crippen molar-refractivity contribution in [3.63, 3.8) is 0 Å². The first kappa shape index (κ1) is 23.8. The Kier molecular flexibility index (Phi) is 6.01. The minimum Gasteiger partial charge on any atom is -0.460 e. The van der Waals surface area contributed by atoms with Crippen LogP contribution in [0.25, 0.3) is 11.2 Å². The molecule has 194 valence electrons. The molecule has 2 N–H and O–H groups in total. The number of amides is 1. The van der Waals surface area contributed by atoms with E-state index in [0.717, 1.165) is 25.7 Å². The highest BCUT2D eigenvalue weighted by Crippen LogP contribution is 2.43. The molecule has 2 saturated heterocycles. The van der Waals surface area contributed by atoms with Gasteiger partial charge < -0.3 is 29.5 Å². The van der Waals surface area contributed by atoms with Gasteiger partial charge in [-0.2, -0.15) is 9.97 Å². The summed E-state index contributed by atoms with van der Waals surface area (Å²) < 4.78 is 26.1. The van der Waals surface area contributed by atoms with Crippen molar-refractivity contribution in [2.75, 3.05) is 5.32 Å². The summed E-state index contributed by atoms with van der Waals surface area (Å²) in [6, 6.07) is 9.01. The molecule has 2 aromatic heterocycles. The third kappa shape index (κ3) is 4.52. The van der Waals surface area contributed by atoms with E-state index in [2.05, 4.69) is 25.4 Å². The van der Waals surface area contributed by atoms with E-state index in [4.69, 9.17) is 24.2 Å². The second-order valence-corrected chi connectivity index (χ2v) is 9.84. The average Bonchev–Trinajstić information content (AvgIpc) is 3.65. The number of nitrogens with one attached hydrogen (secondary N) is 1. The Bertz CT molecular complexity index is 1320. The molecular weight excluding hydrogens is 480 g/mol. The number of rotatable bonds is 6. The van der Waals surface area contributed by atoms with Crippen LogP contribution in [-0.4, -0.2) is 67.1 Å². The Balaban J connectivity index is 1.39. The van der Waals surface area contributed by atoms with Crippen LogP contribution in [0.5, 0.6) is 6.01 Å². The lowest BCUT2D eigenvalue weighted by Gasteiger charge is -2.23. The van der Waals surface area contributed by atoms with Crippen molar-refractivity contribution in [3.8, 4) is 6.01 Å². The first-order valence-electron chi connectivity index (χ1n) is 12.4. The first-order valence-corrected chi connectivity index (χ1v) is 12.4. The molecule has 12 nitrogen and oxygen atoms in total. The van der Waals surface area contributed by atoms with Crippen molar-refractivity contribution < 1.29 is 28.9 Å². The summed E-state index contributed by atoms with van der Waals surface area (Å²) in [5, 5.41) is 15.2. The number of oxime groups is 1. The zero-order valence-electron chi connectivity index (χ0n) is 20.5.